The summed E-state index contributed by atoms with van der Waals surface area (Å²) in [5, 5.41) is 11.6. The molecule has 0 radical (unpaired) electrons. The number of rotatable bonds is 9. The summed E-state index contributed by atoms with van der Waals surface area (Å²) in [7, 11) is 0. The summed E-state index contributed by atoms with van der Waals surface area (Å²) >= 11 is 1.62. The molecule has 36 heavy (non-hydrogen) atoms. The Balaban J connectivity index is 1.56. The zero-order chi connectivity index (χ0) is 25.4. The quantitative estimate of drug-likeness (QED) is 0.413. The third kappa shape index (κ3) is 3.82. The monoisotopic (exact) mass is 508 g/mol. The Morgan fingerprint density at radius 2 is 2.06 bits per heavy atom. The second-order valence-electron chi connectivity index (χ2n) is 9.69. The standard InChI is InChI=1S/C28H32N2O5S/c1-3-14-29(20-11-10-18-8-5-6-9-19(18)17-20)26(33)24-28-13-12-21(36-28)22(27(34)35-4-2)23(28)25(32)30(24)15-7-16-31/h3,5-6,8-11,17,21-24,31H,1,4,7,12-16H2,2H3/t21-,22+,23+,24?,28?/m1/s1. The molecular formula is C28H32N2O5S. The Hall–Kier alpha value is -2.84. The molecule has 190 valence electrons. The number of aliphatic hydroxyl groups is 1. The van der Waals surface area contributed by atoms with Crippen molar-refractivity contribution >= 4 is 46.0 Å². The van der Waals surface area contributed by atoms with Crippen LogP contribution >= 0.6 is 11.8 Å². The fraction of sp³-hybridized carbons (Fsp3) is 0.464. The van der Waals surface area contributed by atoms with Crippen LogP contribution in [0.4, 0.5) is 5.69 Å². The molecule has 7 nitrogen and oxygen atoms in total. The molecule has 1 N–H and O–H groups in total. The number of thioether (sulfide) groups is 1. The van der Waals surface area contributed by atoms with Gasteiger partial charge in [-0.1, -0.05) is 36.4 Å². The summed E-state index contributed by atoms with van der Waals surface area (Å²) in [6.07, 6.45) is 3.53. The molecule has 5 atom stereocenters. The van der Waals surface area contributed by atoms with E-state index in [9.17, 15) is 19.5 Å². The highest BCUT2D eigenvalue weighted by molar-refractivity contribution is 8.02. The lowest BCUT2D eigenvalue weighted by Gasteiger charge is -2.37. The molecule has 3 saturated heterocycles. The Morgan fingerprint density at radius 3 is 2.78 bits per heavy atom. The Labute approximate surface area is 215 Å². The van der Waals surface area contributed by atoms with Gasteiger partial charge < -0.3 is 19.6 Å². The van der Waals surface area contributed by atoms with Crippen LogP contribution in [0.15, 0.2) is 55.1 Å². The van der Waals surface area contributed by atoms with Crippen LogP contribution in [-0.2, 0) is 19.1 Å². The molecule has 2 unspecified atom stereocenters. The molecule has 2 bridgehead atoms. The van der Waals surface area contributed by atoms with Gasteiger partial charge in [0.1, 0.15) is 6.04 Å². The SMILES string of the molecule is C=CCN(C(=O)C1N(CCCO)C(=O)[C@@H]2[C@@H](C(=O)OCC)[C@H]3CCC12S3)c1ccc2ccccc2c1. The first kappa shape index (κ1) is 24.8. The smallest absolute Gasteiger partial charge is 0.310 e. The molecule has 5 rings (SSSR count). The number of nitrogens with zero attached hydrogens (tertiary/aromatic N) is 2. The van der Waals surface area contributed by atoms with Gasteiger partial charge in [-0.05, 0) is 49.1 Å². The molecule has 0 aromatic heterocycles. The van der Waals surface area contributed by atoms with Crippen LogP contribution in [-0.4, -0.2) is 70.1 Å². The highest BCUT2D eigenvalue weighted by Crippen LogP contribution is 2.66. The molecule has 2 aromatic rings. The Bertz CT molecular complexity index is 1200. The van der Waals surface area contributed by atoms with E-state index in [2.05, 4.69) is 6.58 Å². The minimum absolute atomic E-state index is 0.0261. The number of anilines is 1. The first-order valence-electron chi connectivity index (χ1n) is 12.6. The van der Waals surface area contributed by atoms with Crippen molar-refractivity contribution in [2.24, 2.45) is 11.8 Å². The van der Waals surface area contributed by atoms with E-state index in [1.165, 1.54) is 0 Å². The number of ether oxygens (including phenoxy) is 1. The minimum atomic E-state index is -0.720. The van der Waals surface area contributed by atoms with Crippen LogP contribution in [0.25, 0.3) is 10.8 Å². The number of amides is 2. The number of hydrogen-bond acceptors (Lipinski definition) is 6. The summed E-state index contributed by atoms with van der Waals surface area (Å²) in [5.74, 6) is -1.82. The van der Waals surface area contributed by atoms with Gasteiger partial charge in [0.15, 0.2) is 0 Å². The van der Waals surface area contributed by atoms with Gasteiger partial charge in [-0.15, -0.1) is 18.3 Å². The van der Waals surface area contributed by atoms with Crippen LogP contribution in [0.3, 0.4) is 0 Å². The zero-order valence-electron chi connectivity index (χ0n) is 20.5. The second-order valence-corrected chi connectivity index (χ2v) is 11.3. The number of carbonyl (C=O) groups is 3. The first-order valence-corrected chi connectivity index (χ1v) is 13.5. The highest BCUT2D eigenvalue weighted by atomic mass is 32.2. The van der Waals surface area contributed by atoms with E-state index in [1.54, 1.807) is 34.6 Å². The lowest BCUT2D eigenvalue weighted by Crippen LogP contribution is -2.55. The maximum absolute atomic E-state index is 14.4. The summed E-state index contributed by atoms with van der Waals surface area (Å²) in [5.41, 5.74) is 0.743. The fourth-order valence-electron chi connectivity index (χ4n) is 6.36. The number of fused-ring (bicyclic) bond motifs is 2. The molecular weight excluding hydrogens is 476 g/mol. The molecule has 3 fully saturated rings. The number of aliphatic hydroxyl groups excluding tert-OH is 1. The van der Waals surface area contributed by atoms with Gasteiger partial charge in [0, 0.05) is 30.6 Å². The average Bonchev–Trinajstić information content (AvgIpc) is 3.53. The van der Waals surface area contributed by atoms with Crippen molar-refractivity contribution in [1.29, 1.82) is 0 Å². The molecule has 3 heterocycles. The van der Waals surface area contributed by atoms with E-state index < -0.39 is 22.6 Å². The van der Waals surface area contributed by atoms with Crippen molar-refractivity contribution in [3.63, 3.8) is 0 Å². The van der Waals surface area contributed by atoms with Gasteiger partial charge in [0.2, 0.25) is 5.91 Å². The average molecular weight is 509 g/mol. The lowest BCUT2D eigenvalue weighted by molar-refractivity contribution is -0.153. The first-order chi connectivity index (χ1) is 17.5. The van der Waals surface area contributed by atoms with Crippen LogP contribution in [0.2, 0.25) is 0 Å². The molecule has 3 aliphatic rings. The predicted molar refractivity (Wildman–Crippen MR) is 141 cm³/mol. The van der Waals surface area contributed by atoms with E-state index in [-0.39, 0.29) is 42.8 Å². The van der Waals surface area contributed by atoms with Crippen molar-refractivity contribution in [2.45, 2.75) is 42.2 Å². The second kappa shape index (κ2) is 9.90. The third-order valence-electron chi connectivity index (χ3n) is 7.77. The lowest BCUT2D eigenvalue weighted by atomic mass is 9.71. The predicted octanol–water partition coefficient (Wildman–Crippen LogP) is 3.40. The van der Waals surface area contributed by atoms with E-state index in [4.69, 9.17) is 4.74 Å². The molecule has 8 heteroatoms. The molecule has 2 aromatic carbocycles. The highest BCUT2D eigenvalue weighted by Gasteiger charge is 2.74. The Morgan fingerprint density at radius 1 is 1.28 bits per heavy atom. The third-order valence-corrected chi connectivity index (χ3v) is 9.72. The summed E-state index contributed by atoms with van der Waals surface area (Å²) in [4.78, 5) is 44.5. The topological polar surface area (TPSA) is 87.2 Å². The van der Waals surface area contributed by atoms with E-state index in [0.29, 0.717) is 19.4 Å². The van der Waals surface area contributed by atoms with E-state index in [1.807, 2.05) is 42.5 Å². The van der Waals surface area contributed by atoms with E-state index in [0.717, 1.165) is 22.9 Å². The number of hydrogen-bond donors (Lipinski definition) is 1. The van der Waals surface area contributed by atoms with Gasteiger partial charge in [-0.3, -0.25) is 14.4 Å². The van der Waals surface area contributed by atoms with Gasteiger partial charge in [-0.25, -0.2) is 0 Å². The van der Waals surface area contributed by atoms with Crippen molar-refractivity contribution in [3.8, 4) is 0 Å². The summed E-state index contributed by atoms with van der Waals surface area (Å²) in [6, 6.07) is 13.2. The number of benzene rings is 2. The largest absolute Gasteiger partial charge is 0.466 e. The minimum Gasteiger partial charge on any atom is -0.466 e. The van der Waals surface area contributed by atoms with Crippen molar-refractivity contribution in [1.82, 2.24) is 4.90 Å². The van der Waals surface area contributed by atoms with Crippen molar-refractivity contribution in [2.75, 3.05) is 31.2 Å². The van der Waals surface area contributed by atoms with Crippen LogP contribution in [0.1, 0.15) is 26.2 Å². The summed E-state index contributed by atoms with van der Waals surface area (Å²) < 4.78 is 4.69. The molecule has 1 spiro atoms. The number of likely N-dealkylation sites (tertiary alicyclic amines) is 1. The van der Waals surface area contributed by atoms with Crippen LogP contribution in [0.5, 0.6) is 0 Å². The van der Waals surface area contributed by atoms with Crippen molar-refractivity contribution < 1.29 is 24.2 Å². The number of esters is 1. The van der Waals surface area contributed by atoms with Crippen molar-refractivity contribution in [3.05, 3.63) is 55.1 Å². The van der Waals surface area contributed by atoms with Crippen LogP contribution in [0, 0.1) is 11.8 Å². The maximum Gasteiger partial charge on any atom is 0.310 e. The molecule has 3 aliphatic heterocycles. The molecule has 0 aliphatic carbocycles. The molecule has 0 saturated carbocycles. The van der Waals surface area contributed by atoms with Gasteiger partial charge in [0.25, 0.3) is 5.91 Å². The maximum atomic E-state index is 14.4. The van der Waals surface area contributed by atoms with Gasteiger partial charge in [-0.2, -0.15) is 0 Å². The van der Waals surface area contributed by atoms with Crippen LogP contribution < -0.4 is 4.90 Å². The van der Waals surface area contributed by atoms with Gasteiger partial charge in [0.05, 0.1) is 23.2 Å². The fourth-order valence-corrected chi connectivity index (χ4v) is 8.57. The Kier molecular flexibility index (Phi) is 6.83. The van der Waals surface area contributed by atoms with Gasteiger partial charge >= 0.3 is 5.97 Å². The van der Waals surface area contributed by atoms with E-state index >= 15 is 0 Å². The summed E-state index contributed by atoms with van der Waals surface area (Å²) in [6.45, 7) is 6.38. The normalized spacial score (nSPS) is 28.4. The zero-order valence-corrected chi connectivity index (χ0v) is 21.3. The molecule has 2 amide bonds. The number of carbonyl (C=O) groups excluding carboxylic acids is 3.